The van der Waals surface area contributed by atoms with Crippen LogP contribution in [-0.2, 0) is 16.1 Å². The molecule has 2 saturated heterocycles. The summed E-state index contributed by atoms with van der Waals surface area (Å²) in [5.41, 5.74) is 6.70. The van der Waals surface area contributed by atoms with Gasteiger partial charge in [0.1, 0.15) is 17.8 Å². The van der Waals surface area contributed by atoms with Gasteiger partial charge in [-0.2, -0.15) is 0 Å². The number of nitrogens with zero attached hydrogens (tertiary/aromatic N) is 5. The quantitative estimate of drug-likeness (QED) is 0.106. The molecule has 6 rings (SSSR count). The summed E-state index contributed by atoms with van der Waals surface area (Å²) in [5.74, 6) is 0.491. The number of anilines is 1. The number of hydroxylamine groups is 1. The maximum atomic E-state index is 11.9. The van der Waals surface area contributed by atoms with Crippen molar-refractivity contribution in [3.8, 4) is 11.3 Å². The lowest BCUT2D eigenvalue weighted by Crippen LogP contribution is -2.67. The van der Waals surface area contributed by atoms with Crippen molar-refractivity contribution in [2.24, 2.45) is 5.41 Å². The summed E-state index contributed by atoms with van der Waals surface area (Å²) in [6, 6.07) is 21.4. The van der Waals surface area contributed by atoms with Crippen LogP contribution in [0.3, 0.4) is 0 Å². The van der Waals surface area contributed by atoms with Crippen LogP contribution < -0.4 is 10.8 Å². The van der Waals surface area contributed by atoms with Crippen LogP contribution in [0.2, 0.25) is 0 Å². The molecule has 11 nitrogen and oxygen atoms in total. The molecular weight excluding hydrogens is 568 g/mol. The van der Waals surface area contributed by atoms with E-state index in [-0.39, 0.29) is 18.0 Å². The van der Waals surface area contributed by atoms with E-state index in [0.29, 0.717) is 19.9 Å². The fraction of sp³-hybridized carbons (Fsp3) is 0.441. The third-order valence-electron chi connectivity index (χ3n) is 9.65. The third-order valence-corrected chi connectivity index (χ3v) is 9.65. The second-order valence-electron chi connectivity index (χ2n) is 12.6. The Bertz CT molecular complexity index is 1570. The zero-order chi connectivity index (χ0) is 31.4. The van der Waals surface area contributed by atoms with Gasteiger partial charge in [-0.25, -0.2) is 15.4 Å². The molecule has 0 radical (unpaired) electrons. The van der Waals surface area contributed by atoms with Gasteiger partial charge in [0.2, 0.25) is 0 Å². The van der Waals surface area contributed by atoms with Crippen LogP contribution in [0.4, 0.5) is 5.82 Å². The summed E-state index contributed by atoms with van der Waals surface area (Å²) in [4.78, 5) is 31.4. The van der Waals surface area contributed by atoms with Crippen molar-refractivity contribution in [2.75, 3.05) is 57.9 Å². The van der Waals surface area contributed by atoms with Gasteiger partial charge in [0.05, 0.1) is 24.1 Å². The number of rotatable bonds is 12. The molecule has 11 heteroatoms. The van der Waals surface area contributed by atoms with Crippen molar-refractivity contribution < 1.29 is 14.7 Å². The highest BCUT2D eigenvalue weighted by molar-refractivity contribution is 5.91. The molecule has 1 amide bonds. The summed E-state index contributed by atoms with van der Waals surface area (Å²) < 4.78 is 5.91. The summed E-state index contributed by atoms with van der Waals surface area (Å²) in [5, 5.41) is 13.5. The standard InChI is InChI=1S/C34H44N8O3/c1-24(27-7-5-4-6-8-27)37-31-29-19-30(38-32(29)36-22-35-31)28-11-9-26(10-12-28)20-41-15-13-40(14-16-41)17-18-45-23-42-21-34(3,25(42)2)33(43)39-44/h4-12,19,22,24-25,44H,13-18,20-21,23H2,1-3H3,(H,39,43)(H2,35,36,37,38)/t24-,25?,34?/m1/s1. The summed E-state index contributed by atoms with van der Waals surface area (Å²) in [6.45, 7) is 13.7. The van der Waals surface area contributed by atoms with Crippen LogP contribution in [0.15, 0.2) is 67.0 Å². The van der Waals surface area contributed by atoms with Gasteiger partial charge in [0.25, 0.3) is 5.91 Å². The first kappa shape index (κ1) is 31.1. The van der Waals surface area contributed by atoms with Crippen molar-refractivity contribution in [1.82, 2.24) is 35.1 Å². The summed E-state index contributed by atoms with van der Waals surface area (Å²) in [6.07, 6.45) is 1.60. The average molecular weight is 613 g/mol. The molecule has 2 unspecified atom stereocenters. The number of carbonyl (C=O) groups excluding carboxylic acids is 1. The Hall–Kier alpha value is -3.87. The van der Waals surface area contributed by atoms with Crippen molar-refractivity contribution in [3.05, 3.63) is 78.1 Å². The fourth-order valence-electron chi connectivity index (χ4n) is 6.36. The van der Waals surface area contributed by atoms with Crippen LogP contribution >= 0.6 is 0 Å². The summed E-state index contributed by atoms with van der Waals surface area (Å²) >= 11 is 0. The topological polar surface area (TPSA) is 122 Å². The maximum Gasteiger partial charge on any atom is 0.252 e. The molecule has 2 aromatic heterocycles. The average Bonchev–Trinajstić information content (AvgIpc) is 3.52. The number of likely N-dealkylation sites (tertiary alicyclic amines) is 1. The number of H-pyrrole nitrogens is 1. The van der Waals surface area contributed by atoms with E-state index in [1.54, 1.807) is 11.8 Å². The normalized spacial score (nSPS) is 21.8. The van der Waals surface area contributed by atoms with Crippen LogP contribution in [0.1, 0.15) is 37.9 Å². The highest BCUT2D eigenvalue weighted by Crippen LogP contribution is 2.37. The van der Waals surface area contributed by atoms with E-state index in [1.165, 1.54) is 11.1 Å². The summed E-state index contributed by atoms with van der Waals surface area (Å²) in [7, 11) is 0. The van der Waals surface area contributed by atoms with Crippen LogP contribution in [0.25, 0.3) is 22.3 Å². The monoisotopic (exact) mass is 612 g/mol. The maximum absolute atomic E-state index is 11.9. The predicted octanol–water partition coefficient (Wildman–Crippen LogP) is 4.11. The van der Waals surface area contributed by atoms with Crippen molar-refractivity contribution >= 4 is 22.8 Å². The molecule has 0 bridgehead atoms. The Balaban J connectivity index is 0.950. The third kappa shape index (κ3) is 6.87. The number of nitrogens with one attached hydrogen (secondary N) is 3. The van der Waals surface area contributed by atoms with Crippen molar-refractivity contribution in [3.63, 3.8) is 0 Å². The number of aromatic amines is 1. The first-order valence-corrected chi connectivity index (χ1v) is 15.8. The lowest BCUT2D eigenvalue weighted by Gasteiger charge is -2.52. The molecule has 238 valence electrons. The number of hydrogen-bond donors (Lipinski definition) is 4. The van der Waals surface area contributed by atoms with Gasteiger partial charge in [0, 0.05) is 63.6 Å². The number of hydrogen-bond acceptors (Lipinski definition) is 9. The molecule has 4 N–H and O–H groups in total. The number of ether oxygens (including phenoxy) is 1. The minimum Gasteiger partial charge on any atom is -0.365 e. The molecule has 2 fully saturated rings. The number of benzene rings is 2. The molecule has 45 heavy (non-hydrogen) atoms. The Morgan fingerprint density at radius 2 is 1.82 bits per heavy atom. The highest BCUT2D eigenvalue weighted by atomic mass is 16.5. The van der Waals surface area contributed by atoms with E-state index >= 15 is 0 Å². The zero-order valence-electron chi connectivity index (χ0n) is 26.4. The van der Waals surface area contributed by atoms with Crippen LogP contribution in [-0.4, -0.2) is 99.4 Å². The Kier molecular flexibility index (Phi) is 9.43. The van der Waals surface area contributed by atoms with E-state index in [4.69, 9.17) is 9.94 Å². The first-order valence-electron chi connectivity index (χ1n) is 15.8. The van der Waals surface area contributed by atoms with Gasteiger partial charge in [-0.15, -0.1) is 0 Å². The second kappa shape index (κ2) is 13.6. The van der Waals surface area contributed by atoms with E-state index in [9.17, 15) is 4.79 Å². The van der Waals surface area contributed by atoms with Crippen molar-refractivity contribution in [2.45, 2.75) is 39.4 Å². The SMILES string of the molecule is CC1N(COCCN2CCN(Cc3ccc(-c4cc5c(N[C@H](C)c6ccccc6)ncnc5[nH]4)cc3)CC2)CC1(C)C(=O)NO. The molecule has 0 spiro atoms. The molecule has 2 aliphatic heterocycles. The number of fused-ring (bicyclic) bond motifs is 1. The lowest BCUT2D eigenvalue weighted by atomic mass is 9.74. The number of carbonyl (C=O) groups is 1. The molecule has 0 aliphatic carbocycles. The van der Waals surface area contributed by atoms with Crippen LogP contribution in [0, 0.1) is 5.41 Å². The highest BCUT2D eigenvalue weighted by Gasteiger charge is 2.51. The second-order valence-corrected chi connectivity index (χ2v) is 12.6. The molecule has 4 aromatic rings. The number of amides is 1. The smallest absolute Gasteiger partial charge is 0.252 e. The molecule has 2 aromatic carbocycles. The zero-order valence-corrected chi connectivity index (χ0v) is 26.4. The Labute approximate surface area is 264 Å². The molecule has 3 atom stereocenters. The van der Waals surface area contributed by atoms with E-state index in [1.807, 2.05) is 19.9 Å². The predicted molar refractivity (Wildman–Crippen MR) is 175 cm³/mol. The van der Waals surface area contributed by atoms with Gasteiger partial charge < -0.3 is 15.0 Å². The Morgan fingerprint density at radius 3 is 2.53 bits per heavy atom. The van der Waals surface area contributed by atoms with Gasteiger partial charge in [-0.3, -0.25) is 24.7 Å². The molecular formula is C34H44N8O3. The van der Waals surface area contributed by atoms with Gasteiger partial charge in [-0.05, 0) is 43.5 Å². The van der Waals surface area contributed by atoms with Gasteiger partial charge in [-0.1, -0.05) is 54.6 Å². The van der Waals surface area contributed by atoms with Crippen LogP contribution in [0.5, 0.6) is 0 Å². The lowest BCUT2D eigenvalue weighted by molar-refractivity contribution is -0.167. The minimum atomic E-state index is -0.566. The van der Waals surface area contributed by atoms with Gasteiger partial charge >= 0.3 is 0 Å². The number of aromatic nitrogens is 3. The van der Waals surface area contributed by atoms with Crippen molar-refractivity contribution in [1.29, 1.82) is 0 Å². The first-order chi connectivity index (χ1) is 21.8. The molecule has 2 aliphatic rings. The molecule has 4 heterocycles. The van der Waals surface area contributed by atoms with E-state index in [2.05, 4.69) is 96.5 Å². The Morgan fingerprint density at radius 1 is 1.09 bits per heavy atom. The fourth-order valence-corrected chi connectivity index (χ4v) is 6.36. The minimum absolute atomic E-state index is 0.0308. The number of piperazine rings is 1. The molecule has 0 saturated carbocycles. The van der Waals surface area contributed by atoms with E-state index < -0.39 is 5.41 Å². The largest absolute Gasteiger partial charge is 0.365 e. The van der Waals surface area contributed by atoms with E-state index in [0.717, 1.165) is 67.4 Å². The van der Waals surface area contributed by atoms with Gasteiger partial charge in [0.15, 0.2) is 0 Å².